The highest BCUT2D eigenvalue weighted by Gasteiger charge is 2.14. The first-order chi connectivity index (χ1) is 13.8. The van der Waals surface area contributed by atoms with Crippen molar-refractivity contribution < 1.29 is 18.7 Å². The van der Waals surface area contributed by atoms with Crippen molar-refractivity contribution in [3.63, 3.8) is 0 Å². The van der Waals surface area contributed by atoms with E-state index in [1.54, 1.807) is 16.6 Å². The molecule has 2 heterocycles. The fourth-order valence-electron chi connectivity index (χ4n) is 3.10. The van der Waals surface area contributed by atoms with Crippen molar-refractivity contribution in [1.29, 1.82) is 0 Å². The fraction of sp³-hybridized carbons (Fsp3) is 0.333. The quantitative estimate of drug-likeness (QED) is 0.619. The number of carbonyl (C=O) groups excluding carboxylic acids is 2. The van der Waals surface area contributed by atoms with Crippen molar-refractivity contribution in [2.75, 3.05) is 6.61 Å². The third kappa shape index (κ3) is 5.16. The standard InChI is InChI=1S/C21H23FN4O3/c1-13-10-19-24-14(2)18(15(3)26(19)25-13)8-9-21(28)29-12-20(27)23-11-16-4-6-17(22)7-5-16/h4-7,10H,8-9,11-12H2,1-3H3,(H,23,27). The van der Waals surface area contributed by atoms with Gasteiger partial charge in [-0.2, -0.15) is 5.10 Å². The number of rotatable bonds is 7. The number of halogens is 1. The largest absolute Gasteiger partial charge is 0.456 e. The van der Waals surface area contributed by atoms with E-state index in [9.17, 15) is 14.0 Å². The molecule has 0 saturated heterocycles. The van der Waals surface area contributed by atoms with Gasteiger partial charge in [0.15, 0.2) is 12.3 Å². The Labute approximate surface area is 167 Å². The maximum atomic E-state index is 12.9. The van der Waals surface area contributed by atoms with Gasteiger partial charge in [-0.3, -0.25) is 9.59 Å². The normalized spacial score (nSPS) is 10.9. The molecule has 0 unspecified atom stereocenters. The van der Waals surface area contributed by atoms with Gasteiger partial charge in [-0.05, 0) is 50.5 Å². The van der Waals surface area contributed by atoms with Crippen molar-refractivity contribution in [2.45, 2.75) is 40.2 Å². The number of aromatic nitrogens is 3. The van der Waals surface area contributed by atoms with Crippen LogP contribution in [0.5, 0.6) is 0 Å². The van der Waals surface area contributed by atoms with Crippen molar-refractivity contribution in [3.05, 3.63) is 64.4 Å². The van der Waals surface area contributed by atoms with Crippen LogP contribution >= 0.6 is 0 Å². The number of ether oxygens (including phenoxy) is 1. The molecule has 29 heavy (non-hydrogen) atoms. The molecule has 0 aliphatic heterocycles. The number of nitrogens with one attached hydrogen (secondary N) is 1. The molecule has 0 aliphatic carbocycles. The summed E-state index contributed by atoms with van der Waals surface area (Å²) in [5.74, 6) is -1.21. The van der Waals surface area contributed by atoms with Gasteiger partial charge in [0.2, 0.25) is 0 Å². The summed E-state index contributed by atoms with van der Waals surface area (Å²) in [6, 6.07) is 7.71. The Kier molecular flexibility index (Phi) is 6.21. The number of benzene rings is 1. The highest BCUT2D eigenvalue weighted by Crippen LogP contribution is 2.17. The molecule has 0 fully saturated rings. The summed E-state index contributed by atoms with van der Waals surface area (Å²) in [6.45, 7) is 5.63. The van der Waals surface area contributed by atoms with Crippen LogP contribution in [-0.2, 0) is 27.3 Å². The SMILES string of the molecule is Cc1cc2nc(C)c(CCC(=O)OCC(=O)NCc3ccc(F)cc3)c(C)n2n1. The molecule has 1 N–H and O–H groups in total. The molecule has 1 amide bonds. The second kappa shape index (κ2) is 8.81. The highest BCUT2D eigenvalue weighted by atomic mass is 19.1. The number of esters is 1. The second-order valence-corrected chi connectivity index (χ2v) is 6.88. The van der Waals surface area contributed by atoms with E-state index in [-0.39, 0.29) is 25.4 Å². The zero-order valence-corrected chi connectivity index (χ0v) is 16.7. The number of nitrogens with zero attached hydrogens (tertiary/aromatic N) is 3. The molecule has 0 atom stereocenters. The summed E-state index contributed by atoms with van der Waals surface area (Å²) < 4.78 is 19.7. The van der Waals surface area contributed by atoms with Crippen LogP contribution in [0.25, 0.3) is 5.65 Å². The lowest BCUT2D eigenvalue weighted by Gasteiger charge is -2.11. The van der Waals surface area contributed by atoms with Crippen LogP contribution in [0.4, 0.5) is 4.39 Å². The third-order valence-corrected chi connectivity index (χ3v) is 4.63. The minimum atomic E-state index is -0.461. The average molecular weight is 398 g/mol. The van der Waals surface area contributed by atoms with E-state index in [4.69, 9.17) is 4.74 Å². The van der Waals surface area contributed by atoms with Crippen molar-refractivity contribution in [1.82, 2.24) is 19.9 Å². The van der Waals surface area contributed by atoms with Gasteiger partial charge in [-0.25, -0.2) is 13.9 Å². The van der Waals surface area contributed by atoms with Crippen LogP contribution in [0.3, 0.4) is 0 Å². The molecule has 0 saturated carbocycles. The van der Waals surface area contributed by atoms with Crippen LogP contribution in [0, 0.1) is 26.6 Å². The number of hydrogen-bond acceptors (Lipinski definition) is 5. The van der Waals surface area contributed by atoms with E-state index < -0.39 is 11.9 Å². The van der Waals surface area contributed by atoms with E-state index in [2.05, 4.69) is 15.4 Å². The molecule has 3 aromatic rings. The molecule has 8 heteroatoms. The summed E-state index contributed by atoms with van der Waals surface area (Å²) in [7, 11) is 0. The molecule has 3 rings (SSSR count). The Morgan fingerprint density at radius 2 is 1.90 bits per heavy atom. The summed E-state index contributed by atoms with van der Waals surface area (Å²) in [6.07, 6.45) is 0.593. The van der Waals surface area contributed by atoms with Crippen LogP contribution in [0.15, 0.2) is 30.3 Å². The van der Waals surface area contributed by atoms with Gasteiger partial charge in [-0.1, -0.05) is 12.1 Å². The Morgan fingerprint density at radius 3 is 2.62 bits per heavy atom. The minimum absolute atomic E-state index is 0.139. The highest BCUT2D eigenvalue weighted by molar-refractivity contribution is 5.80. The lowest BCUT2D eigenvalue weighted by molar-refractivity contribution is -0.148. The van der Waals surface area contributed by atoms with Gasteiger partial charge in [-0.15, -0.1) is 0 Å². The van der Waals surface area contributed by atoms with E-state index in [1.807, 2.05) is 26.8 Å². The summed E-state index contributed by atoms with van der Waals surface area (Å²) in [5, 5.41) is 7.04. The van der Waals surface area contributed by atoms with Crippen LogP contribution in [-0.4, -0.2) is 33.1 Å². The molecule has 0 spiro atoms. The van der Waals surface area contributed by atoms with E-state index in [0.717, 1.165) is 33.9 Å². The Hall–Kier alpha value is -3.29. The van der Waals surface area contributed by atoms with E-state index in [1.165, 1.54) is 12.1 Å². The maximum absolute atomic E-state index is 12.9. The van der Waals surface area contributed by atoms with Crippen molar-refractivity contribution >= 4 is 17.5 Å². The summed E-state index contributed by atoms with van der Waals surface area (Å²) in [5.41, 5.74) is 5.14. The Morgan fingerprint density at radius 1 is 1.17 bits per heavy atom. The van der Waals surface area contributed by atoms with E-state index >= 15 is 0 Å². The lowest BCUT2D eigenvalue weighted by Crippen LogP contribution is -2.28. The first-order valence-electron chi connectivity index (χ1n) is 9.32. The minimum Gasteiger partial charge on any atom is -0.456 e. The molecule has 7 nitrogen and oxygen atoms in total. The van der Waals surface area contributed by atoms with Gasteiger partial charge < -0.3 is 10.1 Å². The van der Waals surface area contributed by atoms with Gasteiger partial charge in [0.1, 0.15) is 5.82 Å². The van der Waals surface area contributed by atoms with Crippen molar-refractivity contribution in [3.8, 4) is 0 Å². The molecular weight excluding hydrogens is 375 g/mol. The number of amides is 1. The molecule has 152 valence electrons. The first kappa shape index (κ1) is 20.4. The average Bonchev–Trinajstić information content (AvgIpc) is 3.06. The lowest BCUT2D eigenvalue weighted by atomic mass is 10.1. The van der Waals surface area contributed by atoms with Gasteiger partial charge in [0.25, 0.3) is 5.91 Å². The van der Waals surface area contributed by atoms with Gasteiger partial charge in [0.05, 0.1) is 5.69 Å². The Bertz CT molecular complexity index is 1040. The van der Waals surface area contributed by atoms with Crippen LogP contribution in [0.1, 0.15) is 34.6 Å². The number of aryl methyl sites for hydroxylation is 3. The molecular formula is C21H23FN4O3. The molecule has 0 bridgehead atoms. The smallest absolute Gasteiger partial charge is 0.306 e. The van der Waals surface area contributed by atoms with Crippen LogP contribution < -0.4 is 5.32 Å². The van der Waals surface area contributed by atoms with Gasteiger partial charge >= 0.3 is 5.97 Å². The molecule has 0 radical (unpaired) electrons. The summed E-state index contributed by atoms with van der Waals surface area (Å²) >= 11 is 0. The van der Waals surface area contributed by atoms with Crippen molar-refractivity contribution in [2.24, 2.45) is 0 Å². The monoisotopic (exact) mass is 398 g/mol. The topological polar surface area (TPSA) is 85.6 Å². The number of hydrogen-bond donors (Lipinski definition) is 1. The van der Waals surface area contributed by atoms with Crippen LogP contribution in [0.2, 0.25) is 0 Å². The first-order valence-corrected chi connectivity index (χ1v) is 9.32. The summed E-state index contributed by atoms with van der Waals surface area (Å²) in [4.78, 5) is 28.4. The zero-order chi connectivity index (χ0) is 21.0. The maximum Gasteiger partial charge on any atom is 0.306 e. The number of carbonyl (C=O) groups is 2. The number of fused-ring (bicyclic) bond motifs is 1. The van der Waals surface area contributed by atoms with Gasteiger partial charge in [0, 0.05) is 30.4 Å². The molecule has 0 aliphatic rings. The second-order valence-electron chi connectivity index (χ2n) is 6.88. The molecule has 1 aromatic carbocycles. The molecule has 2 aromatic heterocycles. The Balaban J connectivity index is 1.48. The zero-order valence-electron chi connectivity index (χ0n) is 16.7. The fourth-order valence-corrected chi connectivity index (χ4v) is 3.10. The predicted molar refractivity (Wildman–Crippen MR) is 105 cm³/mol. The predicted octanol–water partition coefficient (Wildman–Crippen LogP) is 2.59. The third-order valence-electron chi connectivity index (χ3n) is 4.63. The van der Waals surface area contributed by atoms with E-state index in [0.29, 0.717) is 6.42 Å².